The first-order valence-electron chi connectivity index (χ1n) is 6.93. The first-order valence-corrected chi connectivity index (χ1v) is 7.31. The number of aryl methyl sites for hydroxylation is 3. The van der Waals surface area contributed by atoms with E-state index >= 15 is 0 Å². The van der Waals surface area contributed by atoms with Crippen molar-refractivity contribution in [2.24, 2.45) is 14.1 Å². The Balaban J connectivity index is 2.26. The Morgan fingerprint density at radius 2 is 2.15 bits per heavy atom. The number of nitrogens with one attached hydrogen (secondary N) is 1. The van der Waals surface area contributed by atoms with Crippen LogP contribution in [-0.2, 0) is 20.5 Å². The fraction of sp³-hybridized carbons (Fsp3) is 0.571. The van der Waals surface area contributed by atoms with Crippen LogP contribution in [0.3, 0.4) is 0 Å². The van der Waals surface area contributed by atoms with Crippen LogP contribution in [0.15, 0.2) is 12.4 Å². The average Bonchev–Trinajstić information content (AvgIpc) is 2.93. The van der Waals surface area contributed by atoms with Crippen LogP contribution >= 0.6 is 11.6 Å². The SMILES string of the molecule is CCCNC(Cc1c(C)nn(C)c1Cl)c1nccn1C. The molecule has 0 fully saturated rings. The molecule has 2 heterocycles. The van der Waals surface area contributed by atoms with Gasteiger partial charge in [0.15, 0.2) is 0 Å². The third-order valence-corrected chi connectivity index (χ3v) is 3.96. The molecule has 20 heavy (non-hydrogen) atoms. The van der Waals surface area contributed by atoms with Crippen LogP contribution in [0.5, 0.6) is 0 Å². The van der Waals surface area contributed by atoms with E-state index in [1.165, 1.54) is 0 Å². The van der Waals surface area contributed by atoms with Gasteiger partial charge in [-0.05, 0) is 26.3 Å². The summed E-state index contributed by atoms with van der Waals surface area (Å²) in [6.07, 6.45) is 5.67. The van der Waals surface area contributed by atoms with Gasteiger partial charge >= 0.3 is 0 Å². The second-order valence-electron chi connectivity index (χ2n) is 5.09. The lowest BCUT2D eigenvalue weighted by molar-refractivity contribution is 0.491. The molecule has 0 aliphatic carbocycles. The molecule has 1 unspecified atom stereocenters. The minimum Gasteiger partial charge on any atom is -0.337 e. The quantitative estimate of drug-likeness (QED) is 0.890. The zero-order valence-corrected chi connectivity index (χ0v) is 13.3. The molecule has 0 radical (unpaired) electrons. The molecule has 1 N–H and O–H groups in total. The fourth-order valence-corrected chi connectivity index (χ4v) is 2.65. The molecule has 110 valence electrons. The largest absolute Gasteiger partial charge is 0.337 e. The number of hydrogen-bond donors (Lipinski definition) is 1. The molecule has 0 amide bonds. The molecule has 0 aromatic carbocycles. The maximum Gasteiger partial charge on any atom is 0.130 e. The van der Waals surface area contributed by atoms with E-state index < -0.39 is 0 Å². The van der Waals surface area contributed by atoms with Crippen molar-refractivity contribution in [1.29, 1.82) is 0 Å². The molecule has 0 aliphatic heterocycles. The van der Waals surface area contributed by atoms with E-state index in [0.717, 1.165) is 36.5 Å². The first kappa shape index (κ1) is 15.1. The number of halogens is 1. The topological polar surface area (TPSA) is 47.7 Å². The number of aromatic nitrogens is 4. The van der Waals surface area contributed by atoms with Gasteiger partial charge in [0.2, 0.25) is 0 Å². The van der Waals surface area contributed by atoms with Gasteiger partial charge in [0, 0.05) is 32.1 Å². The van der Waals surface area contributed by atoms with Crippen molar-refractivity contribution in [3.05, 3.63) is 34.6 Å². The van der Waals surface area contributed by atoms with E-state index in [-0.39, 0.29) is 6.04 Å². The van der Waals surface area contributed by atoms with Crippen molar-refractivity contribution in [1.82, 2.24) is 24.6 Å². The molecule has 0 saturated carbocycles. The maximum atomic E-state index is 6.34. The Bertz CT molecular complexity index is 572. The van der Waals surface area contributed by atoms with Crippen LogP contribution < -0.4 is 5.32 Å². The maximum absolute atomic E-state index is 6.34. The summed E-state index contributed by atoms with van der Waals surface area (Å²) < 4.78 is 3.77. The Morgan fingerprint density at radius 3 is 2.65 bits per heavy atom. The summed E-state index contributed by atoms with van der Waals surface area (Å²) in [4.78, 5) is 4.46. The van der Waals surface area contributed by atoms with E-state index in [2.05, 4.69) is 22.3 Å². The zero-order valence-electron chi connectivity index (χ0n) is 12.5. The van der Waals surface area contributed by atoms with Gasteiger partial charge in [0.25, 0.3) is 0 Å². The number of nitrogens with zero attached hydrogens (tertiary/aromatic N) is 4. The highest BCUT2D eigenvalue weighted by atomic mass is 35.5. The van der Waals surface area contributed by atoms with Crippen LogP contribution in [0.2, 0.25) is 5.15 Å². The molecule has 0 bridgehead atoms. The van der Waals surface area contributed by atoms with Crippen molar-refractivity contribution in [3.63, 3.8) is 0 Å². The molecular formula is C14H22ClN5. The molecule has 2 aromatic rings. The van der Waals surface area contributed by atoms with Crippen LogP contribution in [0.1, 0.15) is 36.5 Å². The van der Waals surface area contributed by atoms with Crippen LogP contribution in [0.25, 0.3) is 0 Å². The summed E-state index contributed by atoms with van der Waals surface area (Å²) in [5.41, 5.74) is 2.07. The molecule has 6 heteroatoms. The van der Waals surface area contributed by atoms with E-state index in [0.29, 0.717) is 5.15 Å². The van der Waals surface area contributed by atoms with Gasteiger partial charge in [-0.1, -0.05) is 18.5 Å². The van der Waals surface area contributed by atoms with Crippen LogP contribution in [0, 0.1) is 6.92 Å². The average molecular weight is 296 g/mol. The van der Waals surface area contributed by atoms with Crippen molar-refractivity contribution in [2.75, 3.05) is 6.54 Å². The second kappa shape index (κ2) is 6.41. The Hall–Kier alpha value is -1.33. The predicted molar refractivity (Wildman–Crippen MR) is 80.9 cm³/mol. The molecule has 5 nitrogen and oxygen atoms in total. The van der Waals surface area contributed by atoms with Crippen molar-refractivity contribution in [2.45, 2.75) is 32.7 Å². The number of imidazole rings is 1. The van der Waals surface area contributed by atoms with Gasteiger partial charge in [-0.15, -0.1) is 0 Å². The van der Waals surface area contributed by atoms with Crippen molar-refractivity contribution < 1.29 is 0 Å². The lowest BCUT2D eigenvalue weighted by Gasteiger charge is -2.18. The van der Waals surface area contributed by atoms with Crippen molar-refractivity contribution >= 4 is 11.6 Å². The highest BCUT2D eigenvalue weighted by molar-refractivity contribution is 6.30. The van der Waals surface area contributed by atoms with E-state index in [4.69, 9.17) is 11.6 Å². The van der Waals surface area contributed by atoms with Gasteiger partial charge in [-0.2, -0.15) is 5.10 Å². The normalized spacial score (nSPS) is 12.8. The smallest absolute Gasteiger partial charge is 0.130 e. The molecule has 0 spiro atoms. The first-order chi connectivity index (χ1) is 9.54. The summed E-state index contributed by atoms with van der Waals surface area (Å²) in [7, 11) is 3.88. The van der Waals surface area contributed by atoms with E-state index in [1.807, 2.05) is 38.0 Å². The van der Waals surface area contributed by atoms with Crippen LogP contribution in [-0.4, -0.2) is 25.9 Å². The number of rotatable bonds is 6. The van der Waals surface area contributed by atoms with Gasteiger partial charge < -0.3 is 9.88 Å². The van der Waals surface area contributed by atoms with Gasteiger partial charge in [0.05, 0.1) is 11.7 Å². The second-order valence-corrected chi connectivity index (χ2v) is 5.44. The summed E-state index contributed by atoms with van der Waals surface area (Å²) in [5.74, 6) is 1.03. The van der Waals surface area contributed by atoms with Gasteiger partial charge in [-0.3, -0.25) is 4.68 Å². The molecule has 0 saturated heterocycles. The number of hydrogen-bond acceptors (Lipinski definition) is 3. The Labute approximate surface area is 125 Å². The minimum atomic E-state index is 0.148. The van der Waals surface area contributed by atoms with Crippen molar-refractivity contribution in [3.8, 4) is 0 Å². The standard InChI is InChI=1S/C14H22ClN5/c1-5-6-16-12(14-17-7-8-19(14)3)9-11-10(2)18-20(4)13(11)15/h7-8,12,16H,5-6,9H2,1-4H3. The molecule has 2 aromatic heterocycles. The molecular weight excluding hydrogens is 274 g/mol. The fourth-order valence-electron chi connectivity index (χ4n) is 2.40. The highest BCUT2D eigenvalue weighted by Gasteiger charge is 2.20. The highest BCUT2D eigenvalue weighted by Crippen LogP contribution is 2.25. The van der Waals surface area contributed by atoms with E-state index in [1.54, 1.807) is 4.68 Å². The lowest BCUT2D eigenvalue weighted by atomic mass is 10.1. The summed E-state index contributed by atoms with van der Waals surface area (Å²) >= 11 is 6.34. The summed E-state index contributed by atoms with van der Waals surface area (Å²) in [6, 6.07) is 0.148. The third-order valence-electron chi connectivity index (χ3n) is 3.49. The lowest BCUT2D eigenvalue weighted by Crippen LogP contribution is -2.26. The predicted octanol–water partition coefficient (Wildman–Crippen LogP) is 2.40. The zero-order chi connectivity index (χ0) is 14.7. The van der Waals surface area contributed by atoms with Crippen LogP contribution in [0.4, 0.5) is 0 Å². The Morgan fingerprint density at radius 1 is 1.40 bits per heavy atom. The molecule has 0 aliphatic rings. The van der Waals surface area contributed by atoms with E-state index in [9.17, 15) is 0 Å². The third kappa shape index (κ3) is 3.04. The summed E-state index contributed by atoms with van der Waals surface area (Å²) in [6.45, 7) is 5.11. The van der Waals surface area contributed by atoms with Gasteiger partial charge in [-0.25, -0.2) is 4.98 Å². The Kier molecular flexibility index (Phi) is 4.83. The monoisotopic (exact) mass is 295 g/mol. The molecule has 2 rings (SSSR count). The summed E-state index contributed by atoms with van der Waals surface area (Å²) in [5, 5.41) is 8.63. The molecule has 1 atom stereocenters. The minimum absolute atomic E-state index is 0.148. The van der Waals surface area contributed by atoms with Gasteiger partial charge in [0.1, 0.15) is 11.0 Å².